The molecule has 0 aliphatic carbocycles. The number of aromatic amines is 1. The fourth-order valence-corrected chi connectivity index (χ4v) is 2.86. The summed E-state index contributed by atoms with van der Waals surface area (Å²) in [4.78, 5) is 22.2. The van der Waals surface area contributed by atoms with Crippen molar-refractivity contribution in [2.24, 2.45) is 0 Å². The Bertz CT molecular complexity index is 657. The van der Waals surface area contributed by atoms with Crippen molar-refractivity contribution in [1.29, 1.82) is 0 Å². The summed E-state index contributed by atoms with van der Waals surface area (Å²) < 4.78 is 0. The van der Waals surface area contributed by atoms with Gasteiger partial charge in [0, 0.05) is 25.1 Å². The molecule has 110 valence electrons. The quantitative estimate of drug-likeness (QED) is 0.942. The van der Waals surface area contributed by atoms with Gasteiger partial charge in [-0.15, -0.1) is 0 Å². The number of anilines is 1. The van der Waals surface area contributed by atoms with E-state index in [1.54, 1.807) is 0 Å². The van der Waals surface area contributed by atoms with Gasteiger partial charge in [-0.25, -0.2) is 4.98 Å². The van der Waals surface area contributed by atoms with Crippen LogP contribution in [-0.2, 0) is 6.42 Å². The molecule has 4 heteroatoms. The zero-order valence-corrected chi connectivity index (χ0v) is 12.4. The summed E-state index contributed by atoms with van der Waals surface area (Å²) in [5.74, 6) is 0.731. The van der Waals surface area contributed by atoms with Crippen molar-refractivity contribution in [3.05, 3.63) is 57.5 Å². The third-order valence-corrected chi connectivity index (χ3v) is 4.09. The molecule has 1 N–H and O–H groups in total. The second-order valence-corrected chi connectivity index (χ2v) is 5.66. The van der Waals surface area contributed by atoms with E-state index in [9.17, 15) is 4.79 Å². The average Bonchev–Trinajstić information content (AvgIpc) is 2.52. The van der Waals surface area contributed by atoms with Crippen LogP contribution in [0.3, 0.4) is 0 Å². The summed E-state index contributed by atoms with van der Waals surface area (Å²) in [7, 11) is 0. The van der Waals surface area contributed by atoms with Gasteiger partial charge in [-0.2, -0.15) is 0 Å². The van der Waals surface area contributed by atoms with Crippen molar-refractivity contribution < 1.29 is 0 Å². The fraction of sp³-hybridized carbons (Fsp3) is 0.412. The molecule has 2 aromatic rings. The van der Waals surface area contributed by atoms with Crippen LogP contribution in [0.15, 0.2) is 35.1 Å². The van der Waals surface area contributed by atoms with Crippen molar-refractivity contribution in [1.82, 2.24) is 9.97 Å². The number of nitrogens with one attached hydrogen (secondary N) is 1. The summed E-state index contributed by atoms with van der Waals surface area (Å²) >= 11 is 0. The van der Waals surface area contributed by atoms with Crippen LogP contribution in [0.25, 0.3) is 0 Å². The molecule has 1 saturated heterocycles. The zero-order chi connectivity index (χ0) is 14.7. The number of piperidine rings is 1. The highest BCUT2D eigenvalue weighted by Crippen LogP contribution is 2.16. The first kappa shape index (κ1) is 13.9. The average molecular weight is 283 g/mol. The maximum Gasteiger partial charge on any atom is 0.256 e. The second kappa shape index (κ2) is 6.12. The summed E-state index contributed by atoms with van der Waals surface area (Å²) in [5.41, 5.74) is 2.73. The third kappa shape index (κ3) is 3.15. The molecule has 0 amide bonds. The van der Waals surface area contributed by atoms with E-state index in [0.29, 0.717) is 6.42 Å². The van der Waals surface area contributed by atoms with E-state index in [0.717, 1.165) is 35.9 Å². The fourth-order valence-electron chi connectivity index (χ4n) is 2.86. The van der Waals surface area contributed by atoms with Crippen LogP contribution in [0.2, 0.25) is 0 Å². The molecule has 1 aromatic carbocycles. The lowest BCUT2D eigenvalue weighted by Gasteiger charge is -2.27. The van der Waals surface area contributed by atoms with Gasteiger partial charge in [-0.05, 0) is 31.7 Å². The van der Waals surface area contributed by atoms with Crippen LogP contribution in [0.4, 0.5) is 5.95 Å². The van der Waals surface area contributed by atoms with Gasteiger partial charge in [0.25, 0.3) is 5.56 Å². The molecule has 4 nitrogen and oxygen atoms in total. The van der Waals surface area contributed by atoms with E-state index in [-0.39, 0.29) is 5.56 Å². The van der Waals surface area contributed by atoms with Gasteiger partial charge in [0.1, 0.15) is 0 Å². The molecule has 3 rings (SSSR count). The molecule has 1 fully saturated rings. The summed E-state index contributed by atoms with van der Waals surface area (Å²) in [6.45, 7) is 3.90. The van der Waals surface area contributed by atoms with Crippen LogP contribution in [0.1, 0.15) is 36.1 Å². The van der Waals surface area contributed by atoms with Gasteiger partial charge in [-0.3, -0.25) is 9.78 Å². The van der Waals surface area contributed by atoms with Crippen molar-refractivity contribution in [3.8, 4) is 0 Å². The lowest BCUT2D eigenvalue weighted by Crippen LogP contribution is -2.33. The van der Waals surface area contributed by atoms with Crippen molar-refractivity contribution in [2.45, 2.75) is 32.6 Å². The number of aromatic nitrogens is 2. The molecule has 0 radical (unpaired) electrons. The summed E-state index contributed by atoms with van der Waals surface area (Å²) in [5, 5.41) is 0. The number of benzene rings is 1. The maximum absolute atomic E-state index is 12.4. The topological polar surface area (TPSA) is 49.0 Å². The Balaban J connectivity index is 1.87. The molecule has 1 aliphatic heterocycles. The number of nitrogens with zero attached hydrogens (tertiary/aromatic N) is 2. The van der Waals surface area contributed by atoms with E-state index in [4.69, 9.17) is 0 Å². The molecule has 1 aromatic heterocycles. The third-order valence-electron chi connectivity index (χ3n) is 4.09. The highest BCUT2D eigenvalue weighted by Gasteiger charge is 2.15. The first-order valence-corrected chi connectivity index (χ1v) is 7.63. The van der Waals surface area contributed by atoms with Gasteiger partial charge in [-0.1, -0.05) is 30.3 Å². The monoisotopic (exact) mass is 283 g/mol. The van der Waals surface area contributed by atoms with Crippen LogP contribution >= 0.6 is 0 Å². The molecule has 2 heterocycles. The minimum atomic E-state index is -0.00748. The molecule has 0 bridgehead atoms. The van der Waals surface area contributed by atoms with Crippen molar-refractivity contribution in [2.75, 3.05) is 18.0 Å². The highest BCUT2D eigenvalue weighted by molar-refractivity contribution is 5.35. The van der Waals surface area contributed by atoms with Crippen LogP contribution < -0.4 is 10.5 Å². The van der Waals surface area contributed by atoms with Gasteiger partial charge < -0.3 is 4.90 Å². The maximum atomic E-state index is 12.4. The van der Waals surface area contributed by atoms with E-state index < -0.39 is 0 Å². The Morgan fingerprint density at radius 3 is 2.52 bits per heavy atom. The Morgan fingerprint density at radius 1 is 1.14 bits per heavy atom. The largest absolute Gasteiger partial charge is 0.342 e. The minimum Gasteiger partial charge on any atom is -0.342 e. The standard InChI is InChI=1S/C17H21N3O/c1-13-15(12-14-8-4-2-5-9-14)16(21)19-17(18-13)20-10-6-3-7-11-20/h2,4-5,8-9H,3,6-7,10-12H2,1H3,(H,18,19,21). The van der Waals surface area contributed by atoms with Crippen LogP contribution in [0, 0.1) is 6.92 Å². The van der Waals surface area contributed by atoms with E-state index in [1.807, 2.05) is 37.3 Å². The molecule has 0 unspecified atom stereocenters. The minimum absolute atomic E-state index is 0.00748. The molecular formula is C17H21N3O. The highest BCUT2D eigenvalue weighted by atomic mass is 16.1. The Morgan fingerprint density at radius 2 is 1.86 bits per heavy atom. The smallest absolute Gasteiger partial charge is 0.256 e. The van der Waals surface area contributed by atoms with Crippen LogP contribution in [0.5, 0.6) is 0 Å². The molecule has 0 atom stereocenters. The van der Waals surface area contributed by atoms with Crippen molar-refractivity contribution in [3.63, 3.8) is 0 Å². The number of H-pyrrole nitrogens is 1. The normalized spacial score (nSPS) is 15.2. The first-order chi connectivity index (χ1) is 10.2. The lowest BCUT2D eigenvalue weighted by molar-refractivity contribution is 0.566. The predicted octanol–water partition coefficient (Wildman–Crippen LogP) is 2.66. The molecule has 1 aliphatic rings. The zero-order valence-electron chi connectivity index (χ0n) is 12.4. The van der Waals surface area contributed by atoms with E-state index in [1.165, 1.54) is 19.3 Å². The first-order valence-electron chi connectivity index (χ1n) is 7.63. The lowest BCUT2D eigenvalue weighted by atomic mass is 10.1. The molecule has 0 spiro atoms. The van der Waals surface area contributed by atoms with E-state index >= 15 is 0 Å². The number of aryl methyl sites for hydroxylation is 1. The summed E-state index contributed by atoms with van der Waals surface area (Å²) in [6, 6.07) is 10.1. The van der Waals surface area contributed by atoms with Gasteiger partial charge >= 0.3 is 0 Å². The second-order valence-electron chi connectivity index (χ2n) is 5.66. The Labute approximate surface area is 124 Å². The Kier molecular flexibility index (Phi) is 4.04. The Hall–Kier alpha value is -2.10. The SMILES string of the molecule is Cc1nc(N2CCCCC2)[nH]c(=O)c1Cc1ccccc1. The van der Waals surface area contributed by atoms with Crippen LogP contribution in [-0.4, -0.2) is 23.1 Å². The number of hydrogen-bond acceptors (Lipinski definition) is 3. The predicted molar refractivity (Wildman–Crippen MR) is 84.9 cm³/mol. The van der Waals surface area contributed by atoms with Gasteiger partial charge in [0.15, 0.2) is 0 Å². The molecule has 0 saturated carbocycles. The number of hydrogen-bond donors (Lipinski definition) is 1. The molecule has 21 heavy (non-hydrogen) atoms. The number of rotatable bonds is 3. The van der Waals surface area contributed by atoms with Crippen molar-refractivity contribution >= 4 is 5.95 Å². The molecular weight excluding hydrogens is 262 g/mol. The van der Waals surface area contributed by atoms with E-state index in [2.05, 4.69) is 14.9 Å². The summed E-state index contributed by atoms with van der Waals surface area (Å²) in [6.07, 6.45) is 4.25. The van der Waals surface area contributed by atoms with Gasteiger partial charge in [0.2, 0.25) is 5.95 Å². The van der Waals surface area contributed by atoms with Gasteiger partial charge in [0.05, 0.1) is 5.69 Å².